The van der Waals surface area contributed by atoms with Crippen molar-refractivity contribution in [2.75, 3.05) is 0 Å². The number of hydrogen-bond acceptors (Lipinski definition) is 2. The van der Waals surface area contributed by atoms with E-state index in [1.165, 1.54) is 0 Å². The van der Waals surface area contributed by atoms with Gasteiger partial charge in [0.2, 0.25) is 0 Å². The van der Waals surface area contributed by atoms with Gasteiger partial charge in [0.1, 0.15) is 5.75 Å². The van der Waals surface area contributed by atoms with Crippen molar-refractivity contribution in [3.63, 3.8) is 0 Å². The van der Waals surface area contributed by atoms with Crippen LogP contribution in [0.15, 0.2) is 22.7 Å². The highest BCUT2D eigenvalue weighted by Crippen LogP contribution is 2.23. The maximum Gasteiger partial charge on any atom is 0.129 e. The molecule has 0 aromatic heterocycles. The van der Waals surface area contributed by atoms with Crippen molar-refractivity contribution in [2.45, 2.75) is 0 Å². The molecule has 0 saturated carbocycles. The van der Waals surface area contributed by atoms with Crippen molar-refractivity contribution < 1.29 is 5.11 Å². The van der Waals surface area contributed by atoms with Gasteiger partial charge in [0.05, 0.1) is 4.47 Å². The molecular weight excluding hydrogens is 212 g/mol. The summed E-state index contributed by atoms with van der Waals surface area (Å²) in [6.45, 7) is 0. The van der Waals surface area contributed by atoms with Crippen LogP contribution in [0.2, 0.25) is 0 Å². The van der Waals surface area contributed by atoms with E-state index in [0.29, 0.717) is 4.47 Å². The molecule has 1 aromatic carbocycles. The van der Waals surface area contributed by atoms with E-state index in [-0.39, 0.29) is 5.75 Å². The molecule has 1 aromatic rings. The summed E-state index contributed by atoms with van der Waals surface area (Å²) >= 11 is 7.86. The highest BCUT2D eigenvalue weighted by molar-refractivity contribution is 9.10. The normalized spacial score (nSPS) is 9.30. The number of aromatic hydroxyl groups is 1. The van der Waals surface area contributed by atoms with Gasteiger partial charge in [-0.2, -0.15) is 0 Å². The third kappa shape index (κ3) is 1.55. The van der Waals surface area contributed by atoms with Gasteiger partial charge in [0.25, 0.3) is 0 Å². The molecule has 1 nitrogen and oxygen atoms in total. The first-order valence-electron chi connectivity index (χ1n) is 2.68. The van der Waals surface area contributed by atoms with Crippen LogP contribution in [0.1, 0.15) is 5.56 Å². The number of benzene rings is 1. The number of halogens is 1. The molecule has 0 amide bonds. The second-order valence-corrected chi connectivity index (χ2v) is 2.92. The van der Waals surface area contributed by atoms with Crippen molar-refractivity contribution in [1.82, 2.24) is 0 Å². The Morgan fingerprint density at radius 2 is 2.20 bits per heavy atom. The zero-order chi connectivity index (χ0) is 7.56. The lowest BCUT2D eigenvalue weighted by atomic mass is 10.2. The van der Waals surface area contributed by atoms with Crippen LogP contribution in [0.4, 0.5) is 0 Å². The van der Waals surface area contributed by atoms with Gasteiger partial charge in [-0.25, -0.2) is 0 Å². The van der Waals surface area contributed by atoms with Gasteiger partial charge in [-0.05, 0) is 33.6 Å². The van der Waals surface area contributed by atoms with Crippen molar-refractivity contribution >= 4 is 33.5 Å². The average molecular weight is 217 g/mol. The molecule has 0 spiro atoms. The smallest absolute Gasteiger partial charge is 0.129 e. The first-order valence-corrected chi connectivity index (χ1v) is 3.94. The predicted molar refractivity (Wildman–Crippen MR) is 48.6 cm³/mol. The highest BCUT2D eigenvalue weighted by Gasteiger charge is 1.95. The third-order valence-electron chi connectivity index (χ3n) is 1.11. The molecule has 1 N–H and O–H groups in total. The fourth-order valence-electron chi connectivity index (χ4n) is 0.596. The molecule has 52 valence electrons. The van der Waals surface area contributed by atoms with Gasteiger partial charge in [0.15, 0.2) is 0 Å². The zero-order valence-corrected chi connectivity index (χ0v) is 7.45. The van der Waals surface area contributed by atoms with E-state index >= 15 is 0 Å². The first kappa shape index (κ1) is 7.69. The minimum atomic E-state index is 0.237. The molecule has 0 atom stereocenters. The topological polar surface area (TPSA) is 20.2 Å². The van der Waals surface area contributed by atoms with Crippen LogP contribution in [0.5, 0.6) is 5.75 Å². The molecular formula is C7H5BrOS. The monoisotopic (exact) mass is 216 g/mol. The van der Waals surface area contributed by atoms with Gasteiger partial charge in [-0.1, -0.05) is 18.3 Å². The summed E-state index contributed by atoms with van der Waals surface area (Å²) in [5, 5.41) is 10.6. The van der Waals surface area contributed by atoms with Crippen molar-refractivity contribution in [3.05, 3.63) is 28.2 Å². The SMILES string of the molecule is Oc1ccc(C=S)cc1Br. The molecule has 0 aliphatic rings. The summed E-state index contributed by atoms with van der Waals surface area (Å²) in [4.78, 5) is 0. The van der Waals surface area contributed by atoms with Gasteiger partial charge < -0.3 is 5.11 Å². The van der Waals surface area contributed by atoms with Crippen LogP contribution in [-0.2, 0) is 0 Å². The van der Waals surface area contributed by atoms with E-state index in [0.717, 1.165) is 5.56 Å². The molecule has 1 rings (SSSR count). The summed E-state index contributed by atoms with van der Waals surface area (Å²) in [5.74, 6) is 0.237. The maximum absolute atomic E-state index is 9.04. The largest absolute Gasteiger partial charge is 0.507 e. The number of hydrogen-bond donors (Lipinski definition) is 1. The minimum absolute atomic E-state index is 0.237. The Morgan fingerprint density at radius 1 is 1.50 bits per heavy atom. The Kier molecular flexibility index (Phi) is 2.40. The Bertz CT molecular complexity index is 260. The Hall–Kier alpha value is -0.410. The van der Waals surface area contributed by atoms with Crippen LogP contribution in [-0.4, -0.2) is 10.5 Å². The molecule has 0 radical (unpaired) electrons. The Balaban J connectivity index is 3.16. The van der Waals surface area contributed by atoms with E-state index in [2.05, 4.69) is 15.9 Å². The first-order chi connectivity index (χ1) is 4.74. The summed E-state index contributed by atoms with van der Waals surface area (Å²) in [6, 6.07) is 5.12. The van der Waals surface area contributed by atoms with Crippen molar-refractivity contribution in [3.8, 4) is 5.75 Å². The number of phenolic OH excluding ortho intramolecular Hbond substituents is 1. The molecule has 0 bridgehead atoms. The molecule has 0 unspecified atom stereocenters. The van der Waals surface area contributed by atoms with Crippen LogP contribution in [0, 0.1) is 0 Å². The molecule has 10 heavy (non-hydrogen) atoms. The van der Waals surface area contributed by atoms with Gasteiger partial charge in [-0.3, -0.25) is 0 Å². The predicted octanol–water partition coefficient (Wildman–Crippen LogP) is 2.50. The average Bonchev–Trinajstić information content (AvgIpc) is 1.95. The number of rotatable bonds is 1. The molecule has 0 heterocycles. The quantitative estimate of drug-likeness (QED) is 0.729. The van der Waals surface area contributed by atoms with E-state index in [9.17, 15) is 0 Å². The van der Waals surface area contributed by atoms with Gasteiger partial charge >= 0.3 is 0 Å². The standard InChI is InChI=1S/C7H5BrOS/c8-6-3-5(4-10)1-2-7(6)9/h1-4,9H. The van der Waals surface area contributed by atoms with Crippen molar-refractivity contribution in [2.24, 2.45) is 0 Å². The number of thiocarbonyl (C=S) groups is 1. The molecule has 0 fully saturated rings. The zero-order valence-electron chi connectivity index (χ0n) is 5.04. The lowest BCUT2D eigenvalue weighted by molar-refractivity contribution is 0.472. The second kappa shape index (κ2) is 3.12. The van der Waals surface area contributed by atoms with E-state index in [1.54, 1.807) is 23.6 Å². The van der Waals surface area contributed by atoms with E-state index in [4.69, 9.17) is 17.3 Å². The van der Waals surface area contributed by atoms with Gasteiger partial charge in [0, 0.05) is 5.37 Å². The fraction of sp³-hybridized carbons (Fsp3) is 0. The highest BCUT2D eigenvalue weighted by atomic mass is 79.9. The molecule has 3 heteroatoms. The summed E-state index contributed by atoms with van der Waals surface area (Å²) in [7, 11) is 0. The van der Waals surface area contributed by atoms with E-state index < -0.39 is 0 Å². The summed E-state index contributed by atoms with van der Waals surface area (Å²) in [6.07, 6.45) is 0. The molecule has 0 aliphatic carbocycles. The third-order valence-corrected chi connectivity index (χ3v) is 2.02. The Morgan fingerprint density at radius 3 is 2.70 bits per heavy atom. The minimum Gasteiger partial charge on any atom is -0.507 e. The lowest BCUT2D eigenvalue weighted by Crippen LogP contribution is -1.76. The Labute approximate surface area is 72.8 Å². The van der Waals surface area contributed by atoms with E-state index in [1.807, 2.05) is 0 Å². The second-order valence-electron chi connectivity index (χ2n) is 1.83. The fourth-order valence-corrected chi connectivity index (χ4v) is 1.14. The van der Waals surface area contributed by atoms with Crippen LogP contribution in [0.25, 0.3) is 0 Å². The summed E-state index contributed by atoms with van der Waals surface area (Å²) in [5.41, 5.74) is 0.916. The van der Waals surface area contributed by atoms with Crippen LogP contribution < -0.4 is 0 Å². The maximum atomic E-state index is 9.04. The van der Waals surface area contributed by atoms with Gasteiger partial charge in [-0.15, -0.1) is 0 Å². The summed E-state index contributed by atoms with van der Waals surface area (Å²) < 4.78 is 0.672. The van der Waals surface area contributed by atoms with Crippen LogP contribution in [0.3, 0.4) is 0 Å². The lowest BCUT2D eigenvalue weighted by Gasteiger charge is -1.95. The molecule has 0 aliphatic heterocycles. The van der Waals surface area contributed by atoms with Crippen LogP contribution >= 0.6 is 28.1 Å². The molecule has 0 saturated heterocycles. The number of phenols is 1. The van der Waals surface area contributed by atoms with Crippen molar-refractivity contribution in [1.29, 1.82) is 0 Å².